The average Bonchev–Trinajstić information content (AvgIpc) is 3.07. The first-order valence-electron chi connectivity index (χ1n) is 11.9. The van der Waals surface area contributed by atoms with Crippen LogP contribution in [0.2, 0.25) is 0 Å². The Labute approximate surface area is 199 Å². The minimum Gasteiger partial charge on any atom is -0.381 e. The Balaban J connectivity index is 1.61. The summed E-state index contributed by atoms with van der Waals surface area (Å²) in [4.78, 5) is 26.9. The second kappa shape index (κ2) is 9.22. The van der Waals surface area contributed by atoms with Crippen LogP contribution < -0.4 is 5.32 Å². The van der Waals surface area contributed by atoms with E-state index in [9.17, 15) is 9.18 Å². The van der Waals surface area contributed by atoms with Crippen LogP contribution in [0.4, 0.5) is 10.1 Å². The SMILES string of the molecule is Cc1cc(-c2ccccc2F)c(NC(=O)c2cnc(C(C)C)nc2)c(C2[C@@H]3CC[C@H]2COC3)n1. The van der Waals surface area contributed by atoms with Gasteiger partial charge in [0.25, 0.3) is 5.91 Å². The maximum atomic E-state index is 14.9. The number of carbonyl (C=O) groups is 1. The molecule has 5 rings (SSSR count). The lowest BCUT2D eigenvalue weighted by Gasteiger charge is -2.32. The summed E-state index contributed by atoms with van der Waals surface area (Å²) in [5, 5.41) is 3.07. The number of rotatable bonds is 5. The number of nitrogens with one attached hydrogen (secondary N) is 1. The molecule has 1 saturated carbocycles. The number of amides is 1. The fraction of sp³-hybridized carbons (Fsp3) is 0.407. The number of pyridine rings is 1. The maximum Gasteiger partial charge on any atom is 0.258 e. The van der Waals surface area contributed by atoms with E-state index in [4.69, 9.17) is 9.72 Å². The van der Waals surface area contributed by atoms with Gasteiger partial charge in [-0.15, -0.1) is 0 Å². The highest BCUT2D eigenvalue weighted by atomic mass is 19.1. The molecule has 1 aromatic carbocycles. The number of fused-ring (bicyclic) bond motifs is 2. The second-order valence-electron chi connectivity index (χ2n) is 9.65. The molecule has 34 heavy (non-hydrogen) atoms. The molecule has 0 radical (unpaired) electrons. The highest BCUT2D eigenvalue weighted by molar-refractivity contribution is 6.06. The predicted octanol–water partition coefficient (Wildman–Crippen LogP) is 5.50. The molecule has 1 saturated heterocycles. The van der Waals surface area contributed by atoms with Crippen molar-refractivity contribution in [2.24, 2.45) is 11.8 Å². The number of benzene rings is 1. The molecular formula is C27H29FN4O2. The Kier molecular flexibility index (Phi) is 6.13. The molecule has 0 spiro atoms. The Morgan fingerprint density at radius 2 is 1.76 bits per heavy atom. The summed E-state index contributed by atoms with van der Waals surface area (Å²) in [6.07, 6.45) is 5.22. The Morgan fingerprint density at radius 1 is 1.09 bits per heavy atom. The van der Waals surface area contributed by atoms with Gasteiger partial charge in [-0.3, -0.25) is 9.78 Å². The van der Waals surface area contributed by atoms with Gasteiger partial charge in [-0.05, 0) is 43.7 Å². The fourth-order valence-corrected chi connectivity index (χ4v) is 5.26. The molecule has 1 unspecified atom stereocenters. The minimum absolute atomic E-state index is 0.161. The van der Waals surface area contributed by atoms with E-state index in [0.717, 1.165) is 24.2 Å². The van der Waals surface area contributed by atoms with Crippen molar-refractivity contribution in [1.82, 2.24) is 15.0 Å². The van der Waals surface area contributed by atoms with Crippen molar-refractivity contribution in [3.8, 4) is 11.1 Å². The second-order valence-corrected chi connectivity index (χ2v) is 9.65. The molecule has 2 aromatic heterocycles. The van der Waals surface area contributed by atoms with Crippen molar-refractivity contribution in [3.05, 3.63) is 71.3 Å². The van der Waals surface area contributed by atoms with E-state index >= 15 is 0 Å². The first-order valence-corrected chi connectivity index (χ1v) is 11.9. The van der Waals surface area contributed by atoms with Crippen LogP contribution in [-0.4, -0.2) is 34.1 Å². The molecule has 2 fully saturated rings. The van der Waals surface area contributed by atoms with Gasteiger partial charge in [0.05, 0.1) is 30.2 Å². The van der Waals surface area contributed by atoms with Gasteiger partial charge in [0.2, 0.25) is 0 Å². The Bertz CT molecular complexity index is 1200. The number of ether oxygens (including phenoxy) is 1. The zero-order valence-corrected chi connectivity index (χ0v) is 19.7. The lowest BCUT2D eigenvalue weighted by atomic mass is 9.83. The van der Waals surface area contributed by atoms with Crippen LogP contribution in [0.25, 0.3) is 11.1 Å². The summed E-state index contributed by atoms with van der Waals surface area (Å²) in [7, 11) is 0. The standard InChI is InChI=1S/C27H29FN4O2/c1-15(2)26-29-11-19(12-30-26)27(33)32-24-21(20-6-4-5-7-22(20)28)10-16(3)31-25(24)23-17-8-9-18(23)14-34-13-17/h4-7,10-12,15,17-18,23H,8-9,13-14H2,1-3H3,(H,32,33)/t17-,18+,23?. The van der Waals surface area contributed by atoms with Gasteiger partial charge < -0.3 is 10.1 Å². The van der Waals surface area contributed by atoms with Gasteiger partial charge in [-0.25, -0.2) is 14.4 Å². The lowest BCUT2D eigenvalue weighted by molar-refractivity contribution is 0.0313. The lowest BCUT2D eigenvalue weighted by Crippen LogP contribution is -2.29. The molecule has 2 aliphatic rings. The smallest absolute Gasteiger partial charge is 0.258 e. The van der Waals surface area contributed by atoms with E-state index in [1.165, 1.54) is 6.07 Å². The number of aryl methyl sites for hydroxylation is 1. The van der Waals surface area contributed by atoms with E-state index in [1.54, 1.807) is 30.6 Å². The summed E-state index contributed by atoms with van der Waals surface area (Å²) >= 11 is 0. The van der Waals surface area contributed by atoms with Crippen molar-refractivity contribution in [3.63, 3.8) is 0 Å². The topological polar surface area (TPSA) is 77.0 Å². The molecular weight excluding hydrogens is 431 g/mol. The van der Waals surface area contributed by atoms with E-state index in [1.807, 2.05) is 26.8 Å². The molecule has 1 amide bonds. The number of anilines is 1. The van der Waals surface area contributed by atoms with Crippen LogP contribution in [0.3, 0.4) is 0 Å². The van der Waals surface area contributed by atoms with Crippen LogP contribution in [-0.2, 0) is 4.74 Å². The normalized spacial score (nSPS) is 21.6. The van der Waals surface area contributed by atoms with Gasteiger partial charge >= 0.3 is 0 Å². The predicted molar refractivity (Wildman–Crippen MR) is 128 cm³/mol. The van der Waals surface area contributed by atoms with Crippen LogP contribution in [0.15, 0.2) is 42.7 Å². The highest BCUT2D eigenvalue weighted by Crippen LogP contribution is 2.50. The third-order valence-corrected chi connectivity index (χ3v) is 6.93. The van der Waals surface area contributed by atoms with Gasteiger partial charge in [0.1, 0.15) is 11.6 Å². The number of nitrogens with zero attached hydrogens (tertiary/aromatic N) is 3. The minimum atomic E-state index is -0.339. The first kappa shape index (κ1) is 22.6. The summed E-state index contributed by atoms with van der Waals surface area (Å²) < 4.78 is 20.7. The van der Waals surface area contributed by atoms with Crippen molar-refractivity contribution < 1.29 is 13.9 Å². The molecule has 6 nitrogen and oxygen atoms in total. The van der Waals surface area contributed by atoms with Crippen LogP contribution in [0, 0.1) is 24.6 Å². The quantitative estimate of drug-likeness (QED) is 0.544. The van der Waals surface area contributed by atoms with Crippen LogP contribution in [0.1, 0.15) is 66.1 Å². The molecule has 3 atom stereocenters. The van der Waals surface area contributed by atoms with Gasteiger partial charge in [0, 0.05) is 41.1 Å². The van der Waals surface area contributed by atoms with E-state index in [-0.39, 0.29) is 23.6 Å². The third kappa shape index (κ3) is 4.20. The van der Waals surface area contributed by atoms with E-state index in [0.29, 0.717) is 53.3 Å². The van der Waals surface area contributed by atoms with Gasteiger partial charge in [-0.2, -0.15) is 0 Å². The zero-order valence-electron chi connectivity index (χ0n) is 19.7. The highest BCUT2D eigenvalue weighted by Gasteiger charge is 2.43. The molecule has 1 aliphatic carbocycles. The number of halogens is 1. The van der Waals surface area contributed by atoms with Gasteiger partial charge in [-0.1, -0.05) is 32.0 Å². The molecule has 1 aliphatic heterocycles. The molecule has 3 aromatic rings. The maximum absolute atomic E-state index is 14.9. The molecule has 7 heteroatoms. The number of carbonyl (C=O) groups excluding carboxylic acids is 1. The largest absolute Gasteiger partial charge is 0.381 e. The number of hydrogen-bond acceptors (Lipinski definition) is 5. The van der Waals surface area contributed by atoms with Crippen LogP contribution >= 0.6 is 0 Å². The molecule has 2 bridgehead atoms. The summed E-state index contributed by atoms with van der Waals surface area (Å²) in [6, 6.07) is 8.49. The van der Waals surface area contributed by atoms with Crippen molar-refractivity contribution >= 4 is 11.6 Å². The Hall–Kier alpha value is -3.19. The van der Waals surface area contributed by atoms with Crippen molar-refractivity contribution in [2.45, 2.75) is 45.4 Å². The molecule has 1 N–H and O–H groups in total. The van der Waals surface area contributed by atoms with Crippen LogP contribution in [0.5, 0.6) is 0 Å². The number of aromatic nitrogens is 3. The zero-order chi connectivity index (χ0) is 23.8. The van der Waals surface area contributed by atoms with E-state index < -0.39 is 0 Å². The summed E-state index contributed by atoms with van der Waals surface area (Å²) in [5.74, 6) is 1.01. The number of hydrogen-bond donors (Lipinski definition) is 1. The van der Waals surface area contributed by atoms with Crippen molar-refractivity contribution in [2.75, 3.05) is 18.5 Å². The third-order valence-electron chi connectivity index (χ3n) is 6.93. The van der Waals surface area contributed by atoms with E-state index in [2.05, 4.69) is 15.3 Å². The summed E-state index contributed by atoms with van der Waals surface area (Å²) in [5.41, 5.74) is 3.61. The molecule has 176 valence electrons. The fourth-order valence-electron chi connectivity index (χ4n) is 5.26. The monoisotopic (exact) mass is 460 g/mol. The Morgan fingerprint density at radius 3 is 2.41 bits per heavy atom. The van der Waals surface area contributed by atoms with Gasteiger partial charge in [0.15, 0.2) is 0 Å². The van der Waals surface area contributed by atoms with Crippen molar-refractivity contribution in [1.29, 1.82) is 0 Å². The molecule has 3 heterocycles. The summed E-state index contributed by atoms with van der Waals surface area (Å²) in [6.45, 7) is 7.29. The first-order chi connectivity index (χ1) is 16.4. The average molecular weight is 461 g/mol.